The molecule has 2 rings (SSSR count). The fourth-order valence-corrected chi connectivity index (χ4v) is 1.78. The van der Waals surface area contributed by atoms with Crippen LogP contribution >= 0.6 is 0 Å². The fourth-order valence-electron chi connectivity index (χ4n) is 1.78. The molecule has 0 saturated carbocycles. The number of hydrogen-bond acceptors (Lipinski definition) is 5. The second-order valence-electron chi connectivity index (χ2n) is 4.54. The minimum atomic E-state index is -0.946. The molecule has 0 radical (unpaired) electrons. The molecular formula is C14H14F2N4O2. The molecule has 116 valence electrons. The first-order valence-corrected chi connectivity index (χ1v) is 6.27. The van der Waals surface area contributed by atoms with Crippen LogP contribution in [-0.2, 0) is 0 Å². The summed E-state index contributed by atoms with van der Waals surface area (Å²) in [4.78, 5) is 21.6. The summed E-state index contributed by atoms with van der Waals surface area (Å²) in [5, 5.41) is 2.40. The number of aromatic nitrogens is 2. The van der Waals surface area contributed by atoms with Crippen molar-refractivity contribution in [3.63, 3.8) is 0 Å². The molecule has 1 aromatic heterocycles. The SMILES string of the molecule is COc1ncc(NC(=O)c2c(F)cccc2F)c(N(C)C)n1. The number of rotatable bonds is 4. The van der Waals surface area contributed by atoms with E-state index in [1.54, 1.807) is 19.0 Å². The van der Waals surface area contributed by atoms with Crippen molar-refractivity contribution in [2.75, 3.05) is 31.4 Å². The van der Waals surface area contributed by atoms with Gasteiger partial charge in [-0.1, -0.05) is 6.07 Å². The van der Waals surface area contributed by atoms with Gasteiger partial charge in [0.2, 0.25) is 0 Å². The van der Waals surface area contributed by atoms with E-state index in [9.17, 15) is 13.6 Å². The van der Waals surface area contributed by atoms with Gasteiger partial charge in [0.15, 0.2) is 5.82 Å². The number of methoxy groups -OCH3 is 1. The van der Waals surface area contributed by atoms with E-state index in [0.717, 1.165) is 12.1 Å². The van der Waals surface area contributed by atoms with Crippen LogP contribution < -0.4 is 15.0 Å². The van der Waals surface area contributed by atoms with Crippen LogP contribution in [0.25, 0.3) is 0 Å². The molecule has 6 nitrogen and oxygen atoms in total. The van der Waals surface area contributed by atoms with Gasteiger partial charge in [-0.3, -0.25) is 4.79 Å². The molecule has 1 amide bonds. The topological polar surface area (TPSA) is 67.3 Å². The van der Waals surface area contributed by atoms with Crippen molar-refractivity contribution in [2.45, 2.75) is 0 Å². The van der Waals surface area contributed by atoms with E-state index in [-0.39, 0.29) is 11.7 Å². The van der Waals surface area contributed by atoms with E-state index in [1.807, 2.05) is 0 Å². The highest BCUT2D eigenvalue weighted by Gasteiger charge is 2.19. The summed E-state index contributed by atoms with van der Waals surface area (Å²) in [6.07, 6.45) is 1.30. The third-order valence-corrected chi connectivity index (χ3v) is 2.79. The number of carbonyl (C=O) groups is 1. The number of anilines is 2. The first-order chi connectivity index (χ1) is 10.4. The zero-order valence-corrected chi connectivity index (χ0v) is 12.2. The van der Waals surface area contributed by atoms with Gasteiger partial charge in [0, 0.05) is 14.1 Å². The number of ether oxygens (including phenoxy) is 1. The number of benzene rings is 1. The third-order valence-electron chi connectivity index (χ3n) is 2.79. The van der Waals surface area contributed by atoms with Crippen LogP contribution in [0.2, 0.25) is 0 Å². The van der Waals surface area contributed by atoms with Crippen molar-refractivity contribution < 1.29 is 18.3 Å². The summed E-state index contributed by atoms with van der Waals surface area (Å²) in [6.45, 7) is 0. The standard InChI is InChI=1S/C14H14F2N4O2/c1-20(2)12-10(7-17-14(19-12)22-3)18-13(21)11-8(15)5-4-6-9(11)16/h4-7H,1-3H3,(H,18,21). The molecule has 8 heteroatoms. The van der Waals surface area contributed by atoms with Crippen molar-refractivity contribution in [2.24, 2.45) is 0 Å². The van der Waals surface area contributed by atoms with Crippen LogP contribution in [0.4, 0.5) is 20.3 Å². The van der Waals surface area contributed by atoms with Crippen LogP contribution in [0.15, 0.2) is 24.4 Å². The van der Waals surface area contributed by atoms with Gasteiger partial charge in [0.25, 0.3) is 5.91 Å². The Kier molecular flexibility index (Phi) is 4.50. The van der Waals surface area contributed by atoms with Gasteiger partial charge < -0.3 is 15.0 Å². The number of nitrogens with zero attached hydrogens (tertiary/aromatic N) is 3. The zero-order chi connectivity index (χ0) is 16.3. The van der Waals surface area contributed by atoms with E-state index >= 15 is 0 Å². The zero-order valence-electron chi connectivity index (χ0n) is 12.2. The molecule has 1 N–H and O–H groups in total. The number of hydrogen-bond donors (Lipinski definition) is 1. The quantitative estimate of drug-likeness (QED) is 0.936. The average Bonchev–Trinajstić information content (AvgIpc) is 2.47. The number of nitrogens with one attached hydrogen (secondary N) is 1. The Balaban J connectivity index is 2.36. The maximum Gasteiger partial charge on any atom is 0.318 e. The molecular weight excluding hydrogens is 294 g/mol. The molecule has 0 aliphatic heterocycles. The fraction of sp³-hybridized carbons (Fsp3) is 0.214. The molecule has 0 saturated heterocycles. The molecule has 0 bridgehead atoms. The first kappa shape index (κ1) is 15.6. The van der Waals surface area contributed by atoms with Gasteiger partial charge in [0.1, 0.15) is 22.9 Å². The van der Waals surface area contributed by atoms with Gasteiger partial charge in [-0.2, -0.15) is 4.98 Å². The normalized spacial score (nSPS) is 10.2. The summed E-state index contributed by atoms with van der Waals surface area (Å²) in [5.74, 6) is -2.47. The molecule has 1 aromatic carbocycles. The van der Waals surface area contributed by atoms with E-state index in [4.69, 9.17) is 4.74 Å². The summed E-state index contributed by atoms with van der Waals surface area (Å²) >= 11 is 0. The highest BCUT2D eigenvalue weighted by Crippen LogP contribution is 2.24. The Morgan fingerprint density at radius 2 is 1.91 bits per heavy atom. The Morgan fingerprint density at radius 3 is 2.45 bits per heavy atom. The lowest BCUT2D eigenvalue weighted by atomic mass is 10.2. The van der Waals surface area contributed by atoms with Gasteiger partial charge in [-0.05, 0) is 12.1 Å². The predicted octanol–water partition coefficient (Wildman–Crippen LogP) is 2.08. The van der Waals surface area contributed by atoms with Crippen molar-refractivity contribution in [3.8, 4) is 6.01 Å². The van der Waals surface area contributed by atoms with Gasteiger partial charge in [0.05, 0.1) is 13.3 Å². The van der Waals surface area contributed by atoms with E-state index in [1.165, 1.54) is 19.4 Å². The lowest BCUT2D eigenvalue weighted by molar-refractivity contribution is 0.101. The molecule has 2 aromatic rings. The van der Waals surface area contributed by atoms with Crippen molar-refractivity contribution in [1.82, 2.24) is 9.97 Å². The van der Waals surface area contributed by atoms with Crippen LogP contribution in [0, 0.1) is 11.6 Å². The Morgan fingerprint density at radius 1 is 1.27 bits per heavy atom. The van der Waals surface area contributed by atoms with Crippen LogP contribution in [-0.4, -0.2) is 37.1 Å². The molecule has 1 heterocycles. The van der Waals surface area contributed by atoms with Crippen LogP contribution in [0.3, 0.4) is 0 Å². The van der Waals surface area contributed by atoms with E-state index < -0.39 is 23.1 Å². The Labute approximate surface area is 125 Å². The van der Waals surface area contributed by atoms with E-state index in [0.29, 0.717) is 5.82 Å². The second-order valence-corrected chi connectivity index (χ2v) is 4.54. The molecule has 22 heavy (non-hydrogen) atoms. The largest absolute Gasteiger partial charge is 0.467 e. The molecule has 0 unspecified atom stereocenters. The Hall–Kier alpha value is -2.77. The molecule has 0 spiro atoms. The number of amides is 1. The van der Waals surface area contributed by atoms with Crippen molar-refractivity contribution in [3.05, 3.63) is 41.6 Å². The molecule has 0 aliphatic carbocycles. The summed E-state index contributed by atoms with van der Waals surface area (Å²) in [6, 6.07) is 3.31. The monoisotopic (exact) mass is 308 g/mol. The molecule has 0 atom stereocenters. The first-order valence-electron chi connectivity index (χ1n) is 6.27. The minimum Gasteiger partial charge on any atom is -0.467 e. The summed E-state index contributed by atoms with van der Waals surface area (Å²) in [5.41, 5.74) is -0.457. The molecule has 0 aliphatic rings. The third kappa shape index (κ3) is 3.11. The van der Waals surface area contributed by atoms with E-state index in [2.05, 4.69) is 15.3 Å². The van der Waals surface area contributed by atoms with Gasteiger partial charge in [-0.25, -0.2) is 13.8 Å². The average molecular weight is 308 g/mol. The minimum absolute atomic E-state index is 0.110. The maximum absolute atomic E-state index is 13.6. The number of carbonyl (C=O) groups excluding carboxylic acids is 1. The predicted molar refractivity (Wildman–Crippen MR) is 77.2 cm³/mol. The summed E-state index contributed by atoms with van der Waals surface area (Å²) < 4.78 is 32.1. The lowest BCUT2D eigenvalue weighted by Gasteiger charge is -2.17. The summed E-state index contributed by atoms with van der Waals surface area (Å²) in [7, 11) is 4.80. The molecule has 0 fully saturated rings. The lowest BCUT2D eigenvalue weighted by Crippen LogP contribution is -2.20. The number of halogens is 2. The van der Waals surface area contributed by atoms with Crippen LogP contribution in [0.5, 0.6) is 6.01 Å². The second kappa shape index (κ2) is 6.33. The highest BCUT2D eigenvalue weighted by atomic mass is 19.1. The smallest absolute Gasteiger partial charge is 0.318 e. The highest BCUT2D eigenvalue weighted by molar-refractivity contribution is 6.05. The Bertz CT molecular complexity index is 687. The van der Waals surface area contributed by atoms with Gasteiger partial charge >= 0.3 is 6.01 Å². The van der Waals surface area contributed by atoms with Crippen molar-refractivity contribution >= 4 is 17.4 Å². The van der Waals surface area contributed by atoms with Crippen LogP contribution in [0.1, 0.15) is 10.4 Å². The maximum atomic E-state index is 13.6. The van der Waals surface area contributed by atoms with Crippen molar-refractivity contribution in [1.29, 1.82) is 0 Å². The van der Waals surface area contributed by atoms with Gasteiger partial charge in [-0.15, -0.1) is 0 Å².